The molecule has 0 atom stereocenters. The van der Waals surface area contributed by atoms with Crippen LogP contribution in [0.3, 0.4) is 0 Å². The molecule has 0 saturated carbocycles. The Morgan fingerprint density at radius 2 is 1.73 bits per heavy atom. The maximum absolute atomic E-state index is 13.3. The van der Waals surface area contributed by atoms with E-state index in [-0.39, 0.29) is 17.2 Å². The van der Waals surface area contributed by atoms with Crippen LogP contribution in [-0.2, 0) is 0 Å². The predicted molar refractivity (Wildman–Crippen MR) is 144 cm³/mol. The van der Waals surface area contributed by atoms with Gasteiger partial charge in [-0.05, 0) is 42.5 Å². The topological polar surface area (TPSA) is 96.7 Å². The quantitative estimate of drug-likeness (QED) is 0.0994. The number of ether oxygens (including phenoxy) is 1. The third kappa shape index (κ3) is 5.11. The van der Waals surface area contributed by atoms with Gasteiger partial charge in [-0.15, -0.1) is 0 Å². The summed E-state index contributed by atoms with van der Waals surface area (Å²) in [6, 6.07) is 20.2. The monoisotopic (exact) mass is 551 g/mol. The van der Waals surface area contributed by atoms with E-state index in [2.05, 4.69) is 15.5 Å². The van der Waals surface area contributed by atoms with Crippen molar-refractivity contribution in [2.45, 2.75) is 0 Å². The Balaban J connectivity index is 1.45. The maximum Gasteiger partial charge on any atom is 0.379 e. The Labute approximate surface area is 225 Å². The van der Waals surface area contributed by atoms with Crippen molar-refractivity contribution in [2.24, 2.45) is 5.10 Å². The van der Waals surface area contributed by atoms with E-state index in [0.717, 1.165) is 0 Å². The molecule has 37 heavy (non-hydrogen) atoms. The fourth-order valence-electron chi connectivity index (χ4n) is 3.79. The van der Waals surface area contributed by atoms with Crippen LogP contribution in [0.1, 0.15) is 26.6 Å². The lowest BCUT2D eigenvalue weighted by Gasteiger charge is -2.08. The van der Waals surface area contributed by atoms with Crippen molar-refractivity contribution in [3.63, 3.8) is 0 Å². The molecule has 2 heterocycles. The highest BCUT2D eigenvalue weighted by Gasteiger charge is 2.23. The van der Waals surface area contributed by atoms with Gasteiger partial charge in [-0.1, -0.05) is 65.1 Å². The van der Waals surface area contributed by atoms with Crippen molar-refractivity contribution in [1.82, 2.24) is 10.4 Å². The number of esters is 1. The third-order valence-electron chi connectivity index (χ3n) is 5.40. The Hall–Kier alpha value is -4.04. The first kappa shape index (κ1) is 24.6. The number of aromatic amines is 1. The van der Waals surface area contributed by atoms with Gasteiger partial charge in [0, 0.05) is 37.6 Å². The predicted octanol–water partition coefficient (Wildman–Crippen LogP) is 7.37. The summed E-state index contributed by atoms with van der Waals surface area (Å²) < 4.78 is 10.5. The number of hydrogen-bond donors (Lipinski definition) is 2. The van der Waals surface area contributed by atoms with E-state index < -0.39 is 11.9 Å². The Kier molecular flexibility index (Phi) is 7.01. The number of hydrazone groups is 1. The number of halogens is 3. The van der Waals surface area contributed by atoms with Crippen LogP contribution in [0.4, 0.5) is 0 Å². The van der Waals surface area contributed by atoms with Crippen LogP contribution < -0.4 is 10.2 Å². The average molecular weight is 553 g/mol. The number of hydrogen-bond acceptors (Lipinski definition) is 5. The van der Waals surface area contributed by atoms with E-state index in [0.29, 0.717) is 42.7 Å². The van der Waals surface area contributed by atoms with E-state index in [4.69, 9.17) is 44.0 Å². The Bertz CT molecular complexity index is 1660. The van der Waals surface area contributed by atoms with E-state index in [9.17, 15) is 9.59 Å². The summed E-state index contributed by atoms with van der Waals surface area (Å²) in [6.45, 7) is 0. The number of H-pyrrole nitrogens is 1. The summed E-state index contributed by atoms with van der Waals surface area (Å²) in [4.78, 5) is 28.6. The number of para-hydroxylation sites is 1. The molecule has 0 spiro atoms. The maximum atomic E-state index is 13.3. The molecule has 0 unspecified atom stereocenters. The van der Waals surface area contributed by atoms with Crippen LogP contribution in [-0.4, -0.2) is 23.1 Å². The first-order chi connectivity index (χ1) is 17.9. The fraction of sp³-hybridized carbons (Fsp3) is 0. The molecule has 184 valence electrons. The number of fused-ring (bicyclic) bond motifs is 1. The van der Waals surface area contributed by atoms with Crippen molar-refractivity contribution >= 4 is 63.8 Å². The van der Waals surface area contributed by atoms with E-state index in [1.807, 2.05) is 6.07 Å². The molecule has 10 heteroatoms. The number of rotatable bonds is 6. The van der Waals surface area contributed by atoms with Crippen molar-refractivity contribution in [2.75, 3.05) is 0 Å². The fourth-order valence-corrected chi connectivity index (χ4v) is 4.61. The highest BCUT2D eigenvalue weighted by molar-refractivity contribution is 6.41. The van der Waals surface area contributed by atoms with Crippen LogP contribution in [0.2, 0.25) is 15.1 Å². The van der Waals surface area contributed by atoms with Gasteiger partial charge in [0.1, 0.15) is 11.4 Å². The normalized spacial score (nSPS) is 11.2. The summed E-state index contributed by atoms with van der Waals surface area (Å²) in [5.41, 5.74) is 4.85. The summed E-state index contributed by atoms with van der Waals surface area (Å²) in [6.07, 6.45) is 2.74. The molecule has 0 bridgehead atoms. The molecule has 2 aromatic heterocycles. The zero-order valence-electron chi connectivity index (χ0n) is 18.8. The average Bonchev–Trinajstić information content (AvgIpc) is 3.54. The minimum Gasteiger partial charge on any atom is -0.457 e. The zero-order valence-corrected chi connectivity index (χ0v) is 21.1. The summed E-state index contributed by atoms with van der Waals surface area (Å²) in [5, 5.41) is 5.89. The SMILES string of the molecule is O=C(Oc1ccccc1C=NNC(=O)c1[nH]c2cc(Cl)cc(Cl)c2c1-c1ccccc1Cl)c1ccco1. The summed E-state index contributed by atoms with van der Waals surface area (Å²) >= 11 is 19.2. The number of aromatic nitrogens is 1. The van der Waals surface area contributed by atoms with Gasteiger partial charge in [0.25, 0.3) is 5.91 Å². The van der Waals surface area contributed by atoms with Gasteiger partial charge in [-0.3, -0.25) is 4.79 Å². The number of benzene rings is 3. The lowest BCUT2D eigenvalue weighted by molar-refractivity contribution is 0.0701. The third-order valence-corrected chi connectivity index (χ3v) is 6.24. The van der Waals surface area contributed by atoms with Gasteiger partial charge in [0.05, 0.1) is 17.5 Å². The van der Waals surface area contributed by atoms with Gasteiger partial charge in [0.2, 0.25) is 5.76 Å². The lowest BCUT2D eigenvalue weighted by Crippen LogP contribution is -2.19. The van der Waals surface area contributed by atoms with Gasteiger partial charge >= 0.3 is 5.97 Å². The molecule has 0 radical (unpaired) electrons. The molecule has 0 aliphatic carbocycles. The molecule has 7 nitrogen and oxygen atoms in total. The molecular weight excluding hydrogens is 537 g/mol. The Morgan fingerprint density at radius 1 is 0.946 bits per heavy atom. The number of nitrogens with one attached hydrogen (secondary N) is 2. The second kappa shape index (κ2) is 10.5. The summed E-state index contributed by atoms with van der Waals surface area (Å²) in [5.74, 6) is -0.900. The number of amides is 1. The molecule has 3 aromatic carbocycles. The summed E-state index contributed by atoms with van der Waals surface area (Å²) in [7, 11) is 0. The molecule has 5 aromatic rings. The van der Waals surface area contributed by atoms with E-state index in [1.165, 1.54) is 18.5 Å². The van der Waals surface area contributed by atoms with Crippen LogP contribution in [0, 0.1) is 0 Å². The highest BCUT2D eigenvalue weighted by Crippen LogP contribution is 2.41. The van der Waals surface area contributed by atoms with E-state index in [1.54, 1.807) is 60.7 Å². The molecule has 0 aliphatic rings. The van der Waals surface area contributed by atoms with Crippen LogP contribution >= 0.6 is 34.8 Å². The number of nitrogens with zero attached hydrogens (tertiary/aromatic N) is 1. The second-order valence-corrected chi connectivity index (χ2v) is 9.02. The van der Waals surface area contributed by atoms with Crippen LogP contribution in [0.15, 0.2) is 88.6 Å². The van der Waals surface area contributed by atoms with Crippen molar-refractivity contribution in [1.29, 1.82) is 0 Å². The minimum absolute atomic E-state index is 0.0599. The largest absolute Gasteiger partial charge is 0.457 e. The van der Waals surface area contributed by atoms with Gasteiger partial charge in [-0.2, -0.15) is 5.10 Å². The van der Waals surface area contributed by atoms with Crippen LogP contribution in [0.5, 0.6) is 5.75 Å². The van der Waals surface area contributed by atoms with Gasteiger partial charge in [-0.25, -0.2) is 10.2 Å². The van der Waals surface area contributed by atoms with Crippen molar-refractivity contribution in [3.05, 3.63) is 111 Å². The molecule has 1 amide bonds. The van der Waals surface area contributed by atoms with Gasteiger partial charge < -0.3 is 14.1 Å². The molecule has 2 N–H and O–H groups in total. The van der Waals surface area contributed by atoms with Gasteiger partial charge in [0.15, 0.2) is 0 Å². The van der Waals surface area contributed by atoms with Crippen molar-refractivity contribution < 1.29 is 18.7 Å². The second-order valence-electron chi connectivity index (χ2n) is 7.77. The smallest absolute Gasteiger partial charge is 0.379 e. The Morgan fingerprint density at radius 3 is 2.51 bits per heavy atom. The van der Waals surface area contributed by atoms with E-state index >= 15 is 0 Å². The molecule has 5 rings (SSSR count). The number of carbonyl (C=O) groups excluding carboxylic acids is 2. The number of carbonyl (C=O) groups is 2. The lowest BCUT2D eigenvalue weighted by atomic mass is 10.0. The van der Waals surface area contributed by atoms with Crippen molar-refractivity contribution in [3.8, 4) is 16.9 Å². The molecule has 0 saturated heterocycles. The minimum atomic E-state index is -0.659. The van der Waals surface area contributed by atoms with Crippen LogP contribution in [0.25, 0.3) is 22.0 Å². The standard InChI is InChI=1S/C27H16Cl3N3O4/c28-16-12-19(30)24-20(13-16)32-25(23(24)17-7-2-3-8-18(17)29)26(34)33-31-14-15-6-1-4-9-21(15)37-27(35)22-10-5-11-36-22/h1-14,32H,(H,33,34). The molecule has 0 fully saturated rings. The first-order valence-electron chi connectivity index (χ1n) is 10.9. The first-order valence-corrected chi connectivity index (χ1v) is 12.0. The highest BCUT2D eigenvalue weighted by atomic mass is 35.5. The molecule has 0 aliphatic heterocycles. The molecular formula is C27H16Cl3N3O4. The number of furan rings is 1. The zero-order chi connectivity index (χ0) is 25.9.